The number of rotatable bonds is 4. The van der Waals surface area contributed by atoms with E-state index in [1.165, 1.54) is 6.07 Å². The van der Waals surface area contributed by atoms with Gasteiger partial charge in [0.2, 0.25) is 0 Å². The number of fused-ring (bicyclic) bond motifs is 1. The summed E-state index contributed by atoms with van der Waals surface area (Å²) < 4.78 is 6.12. The van der Waals surface area contributed by atoms with Crippen molar-refractivity contribution in [2.24, 2.45) is 5.92 Å². The number of ketones is 1. The van der Waals surface area contributed by atoms with E-state index in [1.54, 1.807) is 12.1 Å². The zero-order valence-electron chi connectivity index (χ0n) is 12.7. The van der Waals surface area contributed by atoms with E-state index in [1.807, 2.05) is 30.3 Å². The summed E-state index contributed by atoms with van der Waals surface area (Å²) in [6, 6.07) is 14.6. The molecular weight excluding hydrogens is 276 g/mol. The van der Waals surface area contributed by atoms with Crippen molar-refractivity contribution in [3.63, 3.8) is 0 Å². The quantitative estimate of drug-likeness (QED) is 0.902. The highest BCUT2D eigenvalue weighted by Crippen LogP contribution is 2.41. The van der Waals surface area contributed by atoms with Crippen LogP contribution in [-0.4, -0.2) is 10.9 Å². The number of carbonyl (C=O) groups is 1. The molecule has 0 saturated carbocycles. The molecule has 22 heavy (non-hydrogen) atoms. The number of phenolic OH excluding ortho intramolecular Hbond substituents is 1. The van der Waals surface area contributed by atoms with E-state index in [-0.39, 0.29) is 23.6 Å². The van der Waals surface area contributed by atoms with Gasteiger partial charge in [0.1, 0.15) is 17.6 Å². The lowest BCUT2D eigenvalue weighted by Gasteiger charge is -2.33. The van der Waals surface area contributed by atoms with Crippen LogP contribution in [-0.2, 0) is 0 Å². The van der Waals surface area contributed by atoms with E-state index in [0.717, 1.165) is 24.8 Å². The van der Waals surface area contributed by atoms with Gasteiger partial charge in [-0.2, -0.15) is 0 Å². The second-order valence-electron chi connectivity index (χ2n) is 5.74. The number of phenols is 1. The Kier molecular flexibility index (Phi) is 4.14. The zero-order valence-corrected chi connectivity index (χ0v) is 12.7. The molecule has 1 N–H and O–H groups in total. The summed E-state index contributed by atoms with van der Waals surface area (Å²) in [5.41, 5.74) is 1.52. The third-order valence-corrected chi connectivity index (χ3v) is 4.18. The Morgan fingerprint density at radius 2 is 1.91 bits per heavy atom. The normalized spacial score (nSPS) is 20.3. The van der Waals surface area contributed by atoms with Gasteiger partial charge in [-0.25, -0.2) is 0 Å². The Labute approximate surface area is 130 Å². The van der Waals surface area contributed by atoms with Crippen LogP contribution in [0.25, 0.3) is 0 Å². The number of unbranched alkanes of at least 4 members (excludes halogenated alkanes) is 1. The molecule has 1 aliphatic rings. The van der Waals surface area contributed by atoms with Gasteiger partial charge in [-0.05, 0) is 30.2 Å². The maximum atomic E-state index is 12.9. The minimum Gasteiger partial charge on any atom is -0.508 e. The van der Waals surface area contributed by atoms with Crippen molar-refractivity contribution in [1.82, 2.24) is 0 Å². The molecule has 2 aromatic carbocycles. The van der Waals surface area contributed by atoms with Gasteiger partial charge in [-0.15, -0.1) is 0 Å². The average Bonchev–Trinajstić information content (AvgIpc) is 2.55. The van der Waals surface area contributed by atoms with Crippen molar-refractivity contribution in [2.45, 2.75) is 32.3 Å². The molecule has 3 nitrogen and oxygen atoms in total. The summed E-state index contributed by atoms with van der Waals surface area (Å²) in [5, 5.41) is 9.64. The van der Waals surface area contributed by atoms with E-state index < -0.39 is 0 Å². The van der Waals surface area contributed by atoms with Crippen LogP contribution < -0.4 is 4.74 Å². The second-order valence-corrected chi connectivity index (χ2v) is 5.74. The first-order valence-corrected chi connectivity index (χ1v) is 7.79. The monoisotopic (exact) mass is 296 g/mol. The fourth-order valence-corrected chi connectivity index (χ4v) is 3.02. The van der Waals surface area contributed by atoms with Crippen LogP contribution in [0.15, 0.2) is 48.5 Å². The minimum absolute atomic E-state index is 0.0689. The lowest BCUT2D eigenvalue weighted by molar-refractivity contribution is 0.0631. The minimum atomic E-state index is -0.253. The third kappa shape index (κ3) is 2.71. The van der Waals surface area contributed by atoms with Gasteiger partial charge < -0.3 is 9.84 Å². The fraction of sp³-hybridized carbons (Fsp3) is 0.316. The van der Waals surface area contributed by atoms with Crippen LogP contribution in [0.5, 0.6) is 11.5 Å². The Hall–Kier alpha value is -2.29. The maximum absolute atomic E-state index is 12.9. The molecule has 3 rings (SSSR count). The van der Waals surface area contributed by atoms with Crippen molar-refractivity contribution < 1.29 is 14.6 Å². The smallest absolute Gasteiger partial charge is 0.173 e. The van der Waals surface area contributed by atoms with E-state index in [4.69, 9.17) is 4.74 Å². The van der Waals surface area contributed by atoms with Crippen molar-refractivity contribution >= 4 is 5.78 Å². The number of hydrogen-bond acceptors (Lipinski definition) is 3. The molecule has 2 atom stereocenters. The standard InChI is InChI=1S/C19H20O3/c1-2-3-9-15-18(21)16-12-14(20)10-11-17(16)22-19(15)13-7-5-4-6-8-13/h4-8,10-12,15,19-20H,2-3,9H2,1H3. The predicted molar refractivity (Wildman–Crippen MR) is 85.3 cm³/mol. The molecule has 0 aromatic heterocycles. The van der Waals surface area contributed by atoms with Crippen LogP contribution in [0.4, 0.5) is 0 Å². The maximum Gasteiger partial charge on any atom is 0.173 e. The summed E-state index contributed by atoms with van der Waals surface area (Å²) in [6.07, 6.45) is 2.57. The molecule has 1 heterocycles. The Morgan fingerprint density at radius 3 is 2.64 bits per heavy atom. The lowest BCUT2D eigenvalue weighted by atomic mass is 9.82. The largest absolute Gasteiger partial charge is 0.508 e. The van der Waals surface area contributed by atoms with E-state index >= 15 is 0 Å². The number of aromatic hydroxyl groups is 1. The summed E-state index contributed by atoms with van der Waals surface area (Å²) in [4.78, 5) is 12.9. The van der Waals surface area contributed by atoms with Gasteiger partial charge in [0.25, 0.3) is 0 Å². The molecule has 2 aromatic rings. The molecule has 0 spiro atoms. The van der Waals surface area contributed by atoms with Gasteiger partial charge >= 0.3 is 0 Å². The third-order valence-electron chi connectivity index (χ3n) is 4.18. The second kappa shape index (κ2) is 6.22. The summed E-state index contributed by atoms with van der Waals surface area (Å²) >= 11 is 0. The van der Waals surface area contributed by atoms with Crippen LogP contribution in [0.1, 0.15) is 48.2 Å². The Morgan fingerprint density at radius 1 is 1.14 bits per heavy atom. The van der Waals surface area contributed by atoms with E-state index in [9.17, 15) is 9.90 Å². The number of hydrogen-bond donors (Lipinski definition) is 1. The van der Waals surface area contributed by atoms with Crippen LogP contribution >= 0.6 is 0 Å². The molecular formula is C19H20O3. The first-order chi connectivity index (χ1) is 10.7. The SMILES string of the molecule is CCCCC1C(=O)c2cc(O)ccc2OC1c1ccccc1. The molecule has 3 heteroatoms. The Bertz CT molecular complexity index is 664. The van der Waals surface area contributed by atoms with Gasteiger partial charge in [-0.3, -0.25) is 4.79 Å². The lowest BCUT2D eigenvalue weighted by Crippen LogP contribution is -2.31. The average molecular weight is 296 g/mol. The molecule has 0 saturated heterocycles. The van der Waals surface area contributed by atoms with Crippen molar-refractivity contribution in [1.29, 1.82) is 0 Å². The summed E-state index contributed by atoms with van der Waals surface area (Å²) in [5.74, 6) is 0.531. The first-order valence-electron chi connectivity index (χ1n) is 7.79. The van der Waals surface area contributed by atoms with Crippen molar-refractivity contribution in [3.05, 3.63) is 59.7 Å². The zero-order chi connectivity index (χ0) is 15.5. The molecule has 0 fully saturated rings. The highest BCUT2D eigenvalue weighted by Gasteiger charge is 2.37. The molecule has 0 amide bonds. The number of benzene rings is 2. The molecule has 0 aliphatic carbocycles. The number of carbonyl (C=O) groups excluding carboxylic acids is 1. The highest BCUT2D eigenvalue weighted by atomic mass is 16.5. The van der Waals surface area contributed by atoms with Gasteiger partial charge in [0.05, 0.1) is 11.5 Å². The van der Waals surface area contributed by atoms with Crippen molar-refractivity contribution in [3.8, 4) is 11.5 Å². The number of Topliss-reactive ketones (excluding diaryl/α,β-unsaturated/α-hetero) is 1. The molecule has 0 radical (unpaired) electrons. The molecule has 1 aliphatic heterocycles. The number of ether oxygens (including phenoxy) is 1. The fourth-order valence-electron chi connectivity index (χ4n) is 3.02. The highest BCUT2D eigenvalue weighted by molar-refractivity contribution is 6.02. The summed E-state index contributed by atoms with van der Waals surface area (Å²) in [6.45, 7) is 2.12. The van der Waals surface area contributed by atoms with Gasteiger partial charge in [-0.1, -0.05) is 50.1 Å². The van der Waals surface area contributed by atoms with Gasteiger partial charge in [0.15, 0.2) is 5.78 Å². The van der Waals surface area contributed by atoms with Gasteiger partial charge in [0, 0.05) is 0 Å². The van der Waals surface area contributed by atoms with Crippen LogP contribution in [0.3, 0.4) is 0 Å². The van der Waals surface area contributed by atoms with E-state index in [0.29, 0.717) is 11.3 Å². The van der Waals surface area contributed by atoms with Crippen molar-refractivity contribution in [2.75, 3.05) is 0 Å². The molecule has 2 unspecified atom stereocenters. The van der Waals surface area contributed by atoms with Crippen LogP contribution in [0.2, 0.25) is 0 Å². The predicted octanol–water partition coefficient (Wildman–Crippen LogP) is 4.52. The van der Waals surface area contributed by atoms with Crippen LogP contribution in [0, 0.1) is 5.92 Å². The topological polar surface area (TPSA) is 46.5 Å². The molecule has 114 valence electrons. The Balaban J connectivity index is 2.01. The van der Waals surface area contributed by atoms with E-state index in [2.05, 4.69) is 6.92 Å². The first kappa shape index (κ1) is 14.6. The summed E-state index contributed by atoms with van der Waals surface area (Å²) in [7, 11) is 0. The molecule has 0 bridgehead atoms.